The summed E-state index contributed by atoms with van der Waals surface area (Å²) in [5.74, 6) is 0.0657. The van der Waals surface area contributed by atoms with Crippen LogP contribution in [0.2, 0.25) is 0 Å². The van der Waals surface area contributed by atoms with Crippen molar-refractivity contribution in [1.29, 1.82) is 0 Å². The van der Waals surface area contributed by atoms with Gasteiger partial charge >= 0.3 is 0 Å². The van der Waals surface area contributed by atoms with Gasteiger partial charge in [0.15, 0.2) is 5.82 Å². The van der Waals surface area contributed by atoms with Crippen LogP contribution in [0.5, 0.6) is 5.75 Å². The van der Waals surface area contributed by atoms with E-state index in [0.29, 0.717) is 11.3 Å². The Bertz CT molecular complexity index is 1020. The molecular weight excluding hydrogens is 305 g/mol. The standard InChI is InChI=1S/C19H14FN3O/c1-12-7-8-13-15(11-12)21-18(17-14(20)5-4-6-16(17)24)22-19(13)23-9-2-3-10-23/h2-11,24H,1H3. The van der Waals surface area contributed by atoms with Gasteiger partial charge in [-0.15, -0.1) is 0 Å². The molecule has 2 aromatic carbocycles. The first-order valence-electron chi connectivity index (χ1n) is 7.53. The number of halogens is 1. The van der Waals surface area contributed by atoms with E-state index < -0.39 is 5.82 Å². The van der Waals surface area contributed by atoms with E-state index in [2.05, 4.69) is 9.97 Å². The maximum absolute atomic E-state index is 14.2. The van der Waals surface area contributed by atoms with Crippen LogP contribution in [-0.4, -0.2) is 19.6 Å². The molecule has 4 aromatic rings. The molecule has 2 aromatic heterocycles. The predicted octanol–water partition coefficient (Wildman–Crippen LogP) is 4.24. The average Bonchev–Trinajstić information content (AvgIpc) is 3.08. The molecule has 0 aliphatic carbocycles. The molecule has 0 radical (unpaired) electrons. The van der Waals surface area contributed by atoms with Gasteiger partial charge in [-0.05, 0) is 48.9 Å². The number of benzene rings is 2. The van der Waals surface area contributed by atoms with Gasteiger partial charge in [0.1, 0.15) is 17.4 Å². The molecule has 118 valence electrons. The van der Waals surface area contributed by atoms with Crippen LogP contribution in [0.3, 0.4) is 0 Å². The highest BCUT2D eigenvalue weighted by Crippen LogP contribution is 2.32. The van der Waals surface area contributed by atoms with E-state index in [-0.39, 0.29) is 17.1 Å². The molecule has 4 nitrogen and oxygen atoms in total. The maximum Gasteiger partial charge on any atom is 0.168 e. The van der Waals surface area contributed by atoms with Crippen molar-refractivity contribution in [3.8, 4) is 23.0 Å². The number of phenolic OH excluding ortho intramolecular Hbond substituents is 1. The fourth-order valence-corrected chi connectivity index (χ4v) is 2.74. The van der Waals surface area contributed by atoms with Gasteiger partial charge in [0.05, 0.1) is 11.1 Å². The van der Waals surface area contributed by atoms with Gasteiger partial charge < -0.3 is 9.67 Å². The van der Waals surface area contributed by atoms with Gasteiger partial charge in [0.25, 0.3) is 0 Å². The summed E-state index contributed by atoms with van der Waals surface area (Å²) < 4.78 is 16.1. The van der Waals surface area contributed by atoms with Gasteiger partial charge in [-0.1, -0.05) is 12.1 Å². The van der Waals surface area contributed by atoms with E-state index in [9.17, 15) is 9.50 Å². The molecular formula is C19H14FN3O. The zero-order valence-electron chi connectivity index (χ0n) is 12.9. The second-order valence-corrected chi connectivity index (χ2v) is 5.62. The Morgan fingerprint density at radius 1 is 1.00 bits per heavy atom. The predicted molar refractivity (Wildman–Crippen MR) is 90.7 cm³/mol. The number of phenols is 1. The minimum atomic E-state index is -0.555. The van der Waals surface area contributed by atoms with E-state index in [1.165, 1.54) is 18.2 Å². The van der Waals surface area contributed by atoms with Crippen LogP contribution in [0.4, 0.5) is 4.39 Å². The smallest absolute Gasteiger partial charge is 0.168 e. The van der Waals surface area contributed by atoms with Crippen LogP contribution in [0.1, 0.15) is 5.56 Å². The molecule has 0 aliphatic heterocycles. The van der Waals surface area contributed by atoms with Crippen molar-refractivity contribution in [2.75, 3.05) is 0 Å². The molecule has 0 bridgehead atoms. The Balaban J connectivity index is 2.08. The normalized spacial score (nSPS) is 11.1. The lowest BCUT2D eigenvalue weighted by molar-refractivity contribution is 0.471. The Kier molecular flexibility index (Phi) is 3.27. The van der Waals surface area contributed by atoms with Gasteiger partial charge in [0, 0.05) is 17.8 Å². The maximum atomic E-state index is 14.2. The average molecular weight is 319 g/mol. The third-order valence-corrected chi connectivity index (χ3v) is 3.90. The Morgan fingerprint density at radius 3 is 2.54 bits per heavy atom. The number of rotatable bonds is 2. The minimum Gasteiger partial charge on any atom is -0.507 e. The molecule has 0 spiro atoms. The lowest BCUT2D eigenvalue weighted by atomic mass is 10.1. The van der Waals surface area contributed by atoms with Crippen molar-refractivity contribution in [2.45, 2.75) is 6.92 Å². The molecule has 4 rings (SSSR count). The molecule has 0 amide bonds. The Morgan fingerprint density at radius 2 is 1.79 bits per heavy atom. The van der Waals surface area contributed by atoms with Crippen LogP contribution in [-0.2, 0) is 0 Å². The number of aromatic nitrogens is 3. The summed E-state index contributed by atoms with van der Waals surface area (Å²) in [6.07, 6.45) is 3.74. The molecule has 24 heavy (non-hydrogen) atoms. The second kappa shape index (κ2) is 5.45. The Labute approximate surface area is 137 Å². The first kappa shape index (κ1) is 14.4. The van der Waals surface area contributed by atoms with E-state index in [4.69, 9.17) is 0 Å². The van der Waals surface area contributed by atoms with E-state index >= 15 is 0 Å². The zero-order chi connectivity index (χ0) is 16.7. The van der Waals surface area contributed by atoms with Crippen LogP contribution in [0, 0.1) is 12.7 Å². The molecule has 0 saturated carbocycles. The van der Waals surface area contributed by atoms with Gasteiger partial charge in [-0.25, -0.2) is 14.4 Å². The van der Waals surface area contributed by atoms with E-state index in [0.717, 1.165) is 10.9 Å². The molecule has 0 saturated heterocycles. The highest BCUT2D eigenvalue weighted by atomic mass is 19.1. The topological polar surface area (TPSA) is 50.9 Å². The first-order valence-corrected chi connectivity index (χ1v) is 7.53. The van der Waals surface area contributed by atoms with Crippen molar-refractivity contribution in [2.24, 2.45) is 0 Å². The van der Waals surface area contributed by atoms with Gasteiger partial charge in [-0.2, -0.15) is 0 Å². The summed E-state index contributed by atoms with van der Waals surface area (Å²) >= 11 is 0. The minimum absolute atomic E-state index is 0.00862. The van der Waals surface area contributed by atoms with E-state index in [1.807, 2.05) is 54.2 Å². The number of aryl methyl sites for hydroxylation is 1. The SMILES string of the molecule is Cc1ccc2c(-n3cccc3)nc(-c3c(O)cccc3F)nc2c1. The quantitative estimate of drug-likeness (QED) is 0.601. The fourth-order valence-electron chi connectivity index (χ4n) is 2.74. The molecule has 1 N–H and O–H groups in total. The van der Waals surface area contributed by atoms with Crippen molar-refractivity contribution in [3.05, 3.63) is 72.3 Å². The van der Waals surface area contributed by atoms with Crippen molar-refractivity contribution in [1.82, 2.24) is 14.5 Å². The summed E-state index contributed by atoms with van der Waals surface area (Å²) in [6.45, 7) is 1.97. The monoisotopic (exact) mass is 319 g/mol. The number of hydrogen-bond acceptors (Lipinski definition) is 3. The molecule has 0 fully saturated rings. The third kappa shape index (κ3) is 2.31. The van der Waals surface area contributed by atoms with Crippen molar-refractivity contribution < 1.29 is 9.50 Å². The van der Waals surface area contributed by atoms with Crippen LogP contribution >= 0.6 is 0 Å². The summed E-state index contributed by atoms with van der Waals surface area (Å²) in [4.78, 5) is 8.99. The number of nitrogens with zero attached hydrogens (tertiary/aromatic N) is 3. The third-order valence-electron chi connectivity index (χ3n) is 3.90. The van der Waals surface area contributed by atoms with Crippen molar-refractivity contribution in [3.63, 3.8) is 0 Å². The zero-order valence-corrected chi connectivity index (χ0v) is 12.9. The molecule has 2 heterocycles. The molecule has 0 aliphatic rings. The van der Waals surface area contributed by atoms with Crippen LogP contribution in [0.15, 0.2) is 60.9 Å². The van der Waals surface area contributed by atoms with E-state index in [1.54, 1.807) is 0 Å². The summed E-state index contributed by atoms with van der Waals surface area (Å²) in [6, 6.07) is 13.8. The van der Waals surface area contributed by atoms with Gasteiger partial charge in [0.2, 0.25) is 0 Å². The fraction of sp³-hybridized carbons (Fsp3) is 0.0526. The summed E-state index contributed by atoms with van der Waals surface area (Å²) in [5.41, 5.74) is 1.75. The highest BCUT2D eigenvalue weighted by molar-refractivity contribution is 5.88. The first-order chi connectivity index (χ1) is 11.6. The Hall–Kier alpha value is -3.21. The van der Waals surface area contributed by atoms with Crippen LogP contribution in [0.25, 0.3) is 28.1 Å². The summed E-state index contributed by atoms with van der Waals surface area (Å²) in [5, 5.41) is 10.9. The lowest BCUT2D eigenvalue weighted by Gasteiger charge is -2.11. The molecule has 5 heteroatoms. The molecule has 0 unspecified atom stereocenters. The lowest BCUT2D eigenvalue weighted by Crippen LogP contribution is -2.02. The highest BCUT2D eigenvalue weighted by Gasteiger charge is 2.17. The van der Waals surface area contributed by atoms with Crippen molar-refractivity contribution >= 4 is 10.9 Å². The number of hydrogen-bond donors (Lipinski definition) is 1. The van der Waals surface area contributed by atoms with Gasteiger partial charge in [-0.3, -0.25) is 0 Å². The number of aromatic hydroxyl groups is 1. The summed E-state index contributed by atoms with van der Waals surface area (Å²) in [7, 11) is 0. The largest absolute Gasteiger partial charge is 0.507 e. The number of fused-ring (bicyclic) bond motifs is 1. The second-order valence-electron chi connectivity index (χ2n) is 5.62. The van der Waals surface area contributed by atoms with Crippen LogP contribution < -0.4 is 0 Å². The molecule has 0 atom stereocenters.